The second kappa shape index (κ2) is 5.09. The third-order valence-electron chi connectivity index (χ3n) is 1.65. The first-order chi connectivity index (χ1) is 6.97. The molecule has 0 saturated carbocycles. The Morgan fingerprint density at radius 3 is 2.80 bits per heavy atom. The van der Waals surface area contributed by atoms with Crippen molar-refractivity contribution in [3.05, 3.63) is 29.0 Å². The lowest BCUT2D eigenvalue weighted by Crippen LogP contribution is -2.24. The molecule has 82 valence electrons. The average Bonchev–Trinajstić information content (AvgIpc) is 1.98. The second-order valence-corrected chi connectivity index (χ2v) is 3.82. The van der Waals surface area contributed by atoms with Crippen molar-refractivity contribution in [1.29, 1.82) is 0 Å². The van der Waals surface area contributed by atoms with Gasteiger partial charge in [-0.05, 0) is 25.1 Å². The van der Waals surface area contributed by atoms with Gasteiger partial charge in [-0.1, -0.05) is 11.6 Å². The molecular weight excluding hydrogens is 219 g/mol. The highest BCUT2D eigenvalue weighted by Crippen LogP contribution is 2.18. The maximum Gasteiger partial charge on any atom is 0.225 e. The van der Waals surface area contributed by atoms with Gasteiger partial charge in [-0.25, -0.2) is 4.39 Å². The molecule has 1 unspecified atom stereocenters. The van der Waals surface area contributed by atoms with Gasteiger partial charge in [-0.15, -0.1) is 0 Å². The van der Waals surface area contributed by atoms with Gasteiger partial charge < -0.3 is 11.1 Å². The van der Waals surface area contributed by atoms with E-state index in [9.17, 15) is 9.18 Å². The molecule has 1 aromatic rings. The normalized spacial score (nSPS) is 12.3. The fourth-order valence-electron chi connectivity index (χ4n) is 1.13. The predicted octanol–water partition coefficient (Wildman–Crippen LogP) is 2.15. The summed E-state index contributed by atoms with van der Waals surface area (Å²) in [6.07, 6.45) is 0.189. The number of halogens is 2. The largest absolute Gasteiger partial charge is 0.327 e. The zero-order valence-electron chi connectivity index (χ0n) is 8.26. The summed E-state index contributed by atoms with van der Waals surface area (Å²) in [5.74, 6) is -0.745. The summed E-state index contributed by atoms with van der Waals surface area (Å²) in [6.45, 7) is 1.72. The van der Waals surface area contributed by atoms with Crippen LogP contribution in [0.3, 0.4) is 0 Å². The van der Waals surface area contributed by atoms with Gasteiger partial charge in [0.1, 0.15) is 5.82 Å². The number of hydrogen-bond donors (Lipinski definition) is 2. The topological polar surface area (TPSA) is 55.1 Å². The van der Waals surface area contributed by atoms with Crippen molar-refractivity contribution in [3.63, 3.8) is 0 Å². The molecule has 1 aromatic carbocycles. The first-order valence-corrected chi connectivity index (χ1v) is 4.86. The van der Waals surface area contributed by atoms with Crippen LogP contribution in [0.1, 0.15) is 13.3 Å². The summed E-state index contributed by atoms with van der Waals surface area (Å²) in [5, 5.41) is 2.75. The molecule has 5 heteroatoms. The van der Waals surface area contributed by atoms with Gasteiger partial charge in [0.05, 0.1) is 0 Å². The highest BCUT2D eigenvalue weighted by atomic mass is 35.5. The summed E-state index contributed by atoms with van der Waals surface area (Å²) in [4.78, 5) is 11.3. The molecule has 0 bridgehead atoms. The Kier molecular flexibility index (Phi) is 4.05. The van der Waals surface area contributed by atoms with E-state index in [1.165, 1.54) is 18.2 Å². The van der Waals surface area contributed by atoms with E-state index < -0.39 is 5.82 Å². The number of benzene rings is 1. The van der Waals surface area contributed by atoms with Gasteiger partial charge in [-0.2, -0.15) is 0 Å². The monoisotopic (exact) mass is 230 g/mol. The first kappa shape index (κ1) is 11.9. The quantitative estimate of drug-likeness (QED) is 0.836. The fourth-order valence-corrected chi connectivity index (χ4v) is 1.35. The number of carbonyl (C=O) groups is 1. The van der Waals surface area contributed by atoms with Gasteiger partial charge in [0, 0.05) is 23.2 Å². The summed E-state index contributed by atoms with van der Waals surface area (Å²) in [5.41, 5.74) is 5.78. The van der Waals surface area contributed by atoms with Crippen molar-refractivity contribution in [2.24, 2.45) is 5.73 Å². The number of amides is 1. The number of anilines is 1. The number of hydrogen-bond acceptors (Lipinski definition) is 2. The molecule has 0 aliphatic carbocycles. The number of nitrogens with one attached hydrogen (secondary N) is 1. The maximum absolute atomic E-state index is 12.9. The second-order valence-electron chi connectivity index (χ2n) is 3.39. The van der Waals surface area contributed by atoms with Crippen molar-refractivity contribution in [2.45, 2.75) is 19.4 Å². The Bertz CT molecular complexity index is 348. The molecular formula is C10H12ClFN2O. The maximum atomic E-state index is 12.9. The highest BCUT2D eigenvalue weighted by molar-refractivity contribution is 6.30. The van der Waals surface area contributed by atoms with E-state index in [-0.39, 0.29) is 23.4 Å². The first-order valence-electron chi connectivity index (χ1n) is 4.49. The van der Waals surface area contributed by atoms with Crippen LogP contribution in [0.15, 0.2) is 18.2 Å². The lowest BCUT2D eigenvalue weighted by atomic mass is 10.2. The molecule has 3 N–H and O–H groups in total. The number of rotatable bonds is 3. The Balaban J connectivity index is 2.68. The molecule has 0 radical (unpaired) electrons. The summed E-state index contributed by atoms with van der Waals surface area (Å²) < 4.78 is 12.9. The summed E-state index contributed by atoms with van der Waals surface area (Å²) in [7, 11) is 0. The van der Waals surface area contributed by atoms with Gasteiger partial charge in [0.25, 0.3) is 0 Å². The minimum absolute atomic E-state index is 0.189. The molecule has 0 saturated heterocycles. The molecule has 1 atom stereocenters. The Labute approximate surface area is 92.4 Å². The van der Waals surface area contributed by atoms with E-state index in [0.717, 1.165) is 0 Å². The van der Waals surface area contributed by atoms with Crippen LogP contribution >= 0.6 is 11.6 Å². The average molecular weight is 231 g/mol. The molecule has 15 heavy (non-hydrogen) atoms. The molecule has 1 amide bonds. The zero-order valence-corrected chi connectivity index (χ0v) is 9.01. The van der Waals surface area contributed by atoms with Crippen LogP contribution in [-0.2, 0) is 4.79 Å². The summed E-state index contributed by atoms with van der Waals surface area (Å²) in [6, 6.07) is 3.62. The standard InChI is InChI=1S/C10H12ClFN2O/c1-6(13)2-10(15)14-9-4-7(11)3-8(12)5-9/h3-6H,2,13H2,1H3,(H,14,15). The minimum Gasteiger partial charge on any atom is -0.327 e. The highest BCUT2D eigenvalue weighted by Gasteiger charge is 2.06. The van der Waals surface area contributed by atoms with E-state index in [1.807, 2.05) is 0 Å². The minimum atomic E-state index is -0.487. The number of nitrogens with two attached hydrogens (primary N) is 1. The molecule has 0 aliphatic heterocycles. The third kappa shape index (κ3) is 4.27. The van der Waals surface area contributed by atoms with Crippen LogP contribution in [0, 0.1) is 5.82 Å². The van der Waals surface area contributed by atoms with Gasteiger partial charge in [0.15, 0.2) is 0 Å². The van der Waals surface area contributed by atoms with E-state index in [2.05, 4.69) is 5.32 Å². The van der Waals surface area contributed by atoms with Crippen LogP contribution in [-0.4, -0.2) is 11.9 Å². The van der Waals surface area contributed by atoms with Crippen molar-refractivity contribution in [2.75, 3.05) is 5.32 Å². The molecule has 0 heterocycles. The van der Waals surface area contributed by atoms with Crippen LogP contribution in [0.5, 0.6) is 0 Å². The zero-order chi connectivity index (χ0) is 11.4. The van der Waals surface area contributed by atoms with Crippen molar-refractivity contribution in [1.82, 2.24) is 0 Å². The fraction of sp³-hybridized carbons (Fsp3) is 0.300. The van der Waals surface area contributed by atoms with Crippen LogP contribution in [0.4, 0.5) is 10.1 Å². The van der Waals surface area contributed by atoms with Gasteiger partial charge in [0.2, 0.25) is 5.91 Å². The Morgan fingerprint density at radius 1 is 1.60 bits per heavy atom. The smallest absolute Gasteiger partial charge is 0.225 e. The molecule has 0 aromatic heterocycles. The number of carbonyl (C=O) groups excluding carboxylic acids is 1. The lowest BCUT2D eigenvalue weighted by Gasteiger charge is -2.07. The van der Waals surface area contributed by atoms with E-state index >= 15 is 0 Å². The van der Waals surface area contributed by atoms with E-state index in [4.69, 9.17) is 17.3 Å². The van der Waals surface area contributed by atoms with Crippen molar-refractivity contribution in [3.8, 4) is 0 Å². The summed E-state index contributed by atoms with van der Waals surface area (Å²) >= 11 is 5.62. The van der Waals surface area contributed by atoms with E-state index in [1.54, 1.807) is 6.92 Å². The molecule has 1 rings (SSSR count). The lowest BCUT2D eigenvalue weighted by molar-refractivity contribution is -0.116. The Hall–Kier alpha value is -1.13. The predicted molar refractivity (Wildman–Crippen MR) is 58.3 cm³/mol. The SMILES string of the molecule is CC(N)CC(=O)Nc1cc(F)cc(Cl)c1. The van der Waals surface area contributed by atoms with Gasteiger partial charge in [-0.3, -0.25) is 4.79 Å². The third-order valence-corrected chi connectivity index (χ3v) is 1.87. The van der Waals surface area contributed by atoms with Crippen molar-refractivity contribution < 1.29 is 9.18 Å². The molecule has 3 nitrogen and oxygen atoms in total. The van der Waals surface area contributed by atoms with E-state index in [0.29, 0.717) is 5.69 Å². The molecule has 0 spiro atoms. The van der Waals surface area contributed by atoms with Crippen LogP contribution in [0.25, 0.3) is 0 Å². The van der Waals surface area contributed by atoms with Crippen molar-refractivity contribution >= 4 is 23.2 Å². The van der Waals surface area contributed by atoms with Crippen LogP contribution in [0.2, 0.25) is 5.02 Å². The van der Waals surface area contributed by atoms with Gasteiger partial charge >= 0.3 is 0 Å². The molecule has 0 fully saturated rings. The van der Waals surface area contributed by atoms with Crippen LogP contribution < -0.4 is 11.1 Å². The Morgan fingerprint density at radius 2 is 2.27 bits per heavy atom. The molecule has 0 aliphatic rings.